The van der Waals surface area contributed by atoms with Crippen LogP contribution in [-0.2, 0) is 21.0 Å². The Morgan fingerprint density at radius 3 is 2.43 bits per heavy atom. The normalized spacial score (nSPS) is 16.8. The number of alkyl halides is 3. The average molecular weight is 463 g/mol. The zero-order chi connectivity index (χ0) is 22.9. The van der Waals surface area contributed by atoms with Gasteiger partial charge in [-0.15, -0.1) is 0 Å². The first-order chi connectivity index (χ1) is 13.8. The number of halogens is 3. The Morgan fingerprint density at radius 2 is 1.90 bits per heavy atom. The Balaban J connectivity index is 2.29. The summed E-state index contributed by atoms with van der Waals surface area (Å²) in [5, 5.41) is 8.98. The minimum absolute atomic E-state index is 0.0271. The van der Waals surface area contributed by atoms with Crippen LogP contribution in [-0.4, -0.2) is 49.2 Å². The highest BCUT2D eigenvalue weighted by molar-refractivity contribution is 7.89. The van der Waals surface area contributed by atoms with Gasteiger partial charge in [-0.05, 0) is 64.2 Å². The van der Waals surface area contributed by atoms with Crippen molar-refractivity contribution in [3.8, 4) is 6.07 Å². The van der Waals surface area contributed by atoms with Crippen molar-refractivity contribution in [3.63, 3.8) is 0 Å². The van der Waals surface area contributed by atoms with Crippen molar-refractivity contribution in [1.82, 2.24) is 9.62 Å². The zero-order valence-corrected chi connectivity index (χ0v) is 18.2. The fourth-order valence-corrected chi connectivity index (χ4v) is 4.40. The SMILES string of the molecule is CNS(=O)(=O)CCCCN1C(=S)N(c2ccc(C#N)c(C(F)(F)F)c2)C(=O)C1(C)C. The molecule has 1 saturated heterocycles. The number of amides is 1. The van der Waals surface area contributed by atoms with Crippen molar-refractivity contribution in [2.24, 2.45) is 0 Å². The van der Waals surface area contributed by atoms with Crippen LogP contribution in [0.2, 0.25) is 0 Å². The summed E-state index contributed by atoms with van der Waals surface area (Å²) in [5.41, 5.74) is -2.90. The minimum atomic E-state index is -4.76. The molecule has 1 aliphatic rings. The molecule has 0 spiro atoms. The van der Waals surface area contributed by atoms with E-state index in [-0.39, 0.29) is 23.1 Å². The molecule has 12 heteroatoms. The third-order valence-electron chi connectivity index (χ3n) is 4.87. The quantitative estimate of drug-likeness (QED) is 0.495. The molecule has 1 fully saturated rings. The molecule has 1 aromatic carbocycles. The first-order valence-electron chi connectivity index (χ1n) is 8.95. The second-order valence-electron chi connectivity index (χ2n) is 7.20. The number of rotatable bonds is 7. The van der Waals surface area contributed by atoms with Gasteiger partial charge in [-0.3, -0.25) is 9.69 Å². The van der Waals surface area contributed by atoms with Crippen LogP contribution in [0.3, 0.4) is 0 Å². The van der Waals surface area contributed by atoms with E-state index in [1.807, 2.05) is 0 Å². The van der Waals surface area contributed by atoms with Crippen LogP contribution in [0.25, 0.3) is 0 Å². The summed E-state index contributed by atoms with van der Waals surface area (Å²) in [6, 6.07) is 4.49. The van der Waals surface area contributed by atoms with E-state index in [1.54, 1.807) is 18.7 Å². The number of hydrogen-bond acceptors (Lipinski definition) is 5. The van der Waals surface area contributed by atoms with Crippen LogP contribution in [0.1, 0.15) is 37.8 Å². The summed E-state index contributed by atoms with van der Waals surface area (Å²) in [6.45, 7) is 3.45. The summed E-state index contributed by atoms with van der Waals surface area (Å²) in [6.07, 6.45) is -4.03. The molecule has 7 nitrogen and oxygen atoms in total. The molecule has 0 atom stereocenters. The third kappa shape index (κ3) is 4.74. The summed E-state index contributed by atoms with van der Waals surface area (Å²) >= 11 is 5.37. The summed E-state index contributed by atoms with van der Waals surface area (Å²) in [4.78, 5) is 15.5. The van der Waals surface area contributed by atoms with Gasteiger partial charge in [0.05, 0.1) is 28.6 Å². The number of sulfonamides is 1. The van der Waals surface area contributed by atoms with Gasteiger partial charge in [0.15, 0.2) is 5.11 Å². The number of benzene rings is 1. The number of unbranched alkanes of at least 4 members (excludes halogenated alkanes) is 1. The molecule has 1 N–H and O–H groups in total. The van der Waals surface area contributed by atoms with Crippen molar-refractivity contribution in [1.29, 1.82) is 5.26 Å². The van der Waals surface area contributed by atoms with Crippen LogP contribution < -0.4 is 9.62 Å². The predicted molar refractivity (Wildman–Crippen MR) is 109 cm³/mol. The fourth-order valence-electron chi connectivity index (χ4n) is 3.11. The van der Waals surface area contributed by atoms with Crippen molar-refractivity contribution in [2.45, 2.75) is 38.4 Å². The van der Waals surface area contributed by atoms with E-state index in [0.29, 0.717) is 12.8 Å². The van der Waals surface area contributed by atoms with Gasteiger partial charge in [0, 0.05) is 6.54 Å². The summed E-state index contributed by atoms with van der Waals surface area (Å²) in [7, 11) is -2.04. The first kappa shape index (κ1) is 24.0. The maximum atomic E-state index is 13.3. The lowest BCUT2D eigenvalue weighted by Gasteiger charge is -2.29. The molecule has 1 aromatic rings. The summed E-state index contributed by atoms with van der Waals surface area (Å²) < 4.78 is 65.2. The summed E-state index contributed by atoms with van der Waals surface area (Å²) in [5.74, 6) is -0.597. The topological polar surface area (TPSA) is 93.5 Å². The minimum Gasteiger partial charge on any atom is -0.334 e. The van der Waals surface area contributed by atoms with Crippen molar-refractivity contribution >= 4 is 38.9 Å². The highest BCUT2D eigenvalue weighted by atomic mass is 32.2. The van der Waals surface area contributed by atoms with Gasteiger partial charge < -0.3 is 4.90 Å². The Kier molecular flexibility index (Phi) is 6.80. The molecule has 1 amide bonds. The molecule has 164 valence electrons. The number of carbonyl (C=O) groups is 1. The monoisotopic (exact) mass is 462 g/mol. The average Bonchev–Trinajstić information content (AvgIpc) is 2.82. The number of hydrogen-bond donors (Lipinski definition) is 1. The lowest BCUT2D eigenvalue weighted by molar-refractivity contribution is -0.137. The van der Waals surface area contributed by atoms with Gasteiger partial charge in [0.1, 0.15) is 5.54 Å². The van der Waals surface area contributed by atoms with Gasteiger partial charge in [0.25, 0.3) is 5.91 Å². The third-order valence-corrected chi connectivity index (χ3v) is 6.72. The Bertz CT molecular complexity index is 1000. The highest BCUT2D eigenvalue weighted by Crippen LogP contribution is 2.37. The molecule has 1 heterocycles. The van der Waals surface area contributed by atoms with Crippen LogP contribution >= 0.6 is 12.2 Å². The number of carbonyl (C=O) groups excluding carboxylic acids is 1. The number of nitrogens with zero attached hydrogens (tertiary/aromatic N) is 3. The molecule has 0 radical (unpaired) electrons. The van der Waals surface area contributed by atoms with Gasteiger partial charge in [-0.2, -0.15) is 18.4 Å². The molecule has 30 heavy (non-hydrogen) atoms. The van der Waals surface area contributed by atoms with Crippen molar-refractivity contribution in [3.05, 3.63) is 29.3 Å². The first-order valence-corrected chi connectivity index (χ1v) is 11.0. The smallest absolute Gasteiger partial charge is 0.334 e. The van der Waals surface area contributed by atoms with E-state index >= 15 is 0 Å². The number of nitrogens with one attached hydrogen (secondary N) is 1. The zero-order valence-electron chi connectivity index (χ0n) is 16.6. The molecule has 2 rings (SSSR count). The second-order valence-corrected chi connectivity index (χ2v) is 9.61. The second kappa shape index (κ2) is 8.49. The standard InChI is InChI=1S/C18H21F3N4O3S2/c1-17(2)15(26)25(13-7-6-12(11-22)14(10-13)18(19,20)21)16(29)24(17)8-4-5-9-30(27,28)23-3/h6-7,10,23H,4-5,8-9H2,1-3H3. The van der Waals surface area contributed by atoms with Gasteiger partial charge in [-0.25, -0.2) is 13.1 Å². The molecule has 1 aliphatic heterocycles. The van der Waals surface area contributed by atoms with E-state index in [4.69, 9.17) is 17.5 Å². The molecule has 0 aromatic heterocycles. The lowest BCUT2D eigenvalue weighted by Crippen LogP contribution is -2.44. The van der Waals surface area contributed by atoms with Gasteiger partial charge in [-0.1, -0.05) is 0 Å². The molecule has 0 saturated carbocycles. The molecule has 0 bridgehead atoms. The Hall–Kier alpha value is -2.23. The van der Waals surface area contributed by atoms with Crippen LogP contribution in [0.5, 0.6) is 0 Å². The van der Waals surface area contributed by atoms with E-state index < -0.39 is 38.8 Å². The maximum Gasteiger partial charge on any atom is 0.417 e. The Morgan fingerprint density at radius 1 is 1.27 bits per heavy atom. The van der Waals surface area contributed by atoms with Crippen molar-refractivity contribution in [2.75, 3.05) is 24.2 Å². The number of nitriles is 1. The molecule has 0 unspecified atom stereocenters. The highest BCUT2D eigenvalue weighted by Gasteiger charge is 2.49. The van der Waals surface area contributed by atoms with E-state index in [9.17, 15) is 26.4 Å². The maximum absolute atomic E-state index is 13.3. The van der Waals surface area contributed by atoms with E-state index in [0.717, 1.165) is 17.0 Å². The Labute approximate surface area is 178 Å². The van der Waals surface area contributed by atoms with E-state index in [1.165, 1.54) is 19.2 Å². The van der Waals surface area contributed by atoms with Gasteiger partial charge >= 0.3 is 6.18 Å². The van der Waals surface area contributed by atoms with Crippen LogP contribution in [0.15, 0.2) is 18.2 Å². The molecular weight excluding hydrogens is 441 g/mol. The predicted octanol–water partition coefficient (Wildman–Crippen LogP) is 2.62. The molecular formula is C18H21F3N4O3S2. The van der Waals surface area contributed by atoms with Gasteiger partial charge in [0.2, 0.25) is 10.0 Å². The number of anilines is 1. The van der Waals surface area contributed by atoms with E-state index in [2.05, 4.69) is 4.72 Å². The van der Waals surface area contributed by atoms with Crippen LogP contribution in [0.4, 0.5) is 18.9 Å². The number of thiocarbonyl (C=S) groups is 1. The largest absolute Gasteiger partial charge is 0.417 e. The molecule has 0 aliphatic carbocycles. The van der Waals surface area contributed by atoms with Crippen molar-refractivity contribution < 1.29 is 26.4 Å². The fraction of sp³-hybridized carbons (Fsp3) is 0.500. The van der Waals surface area contributed by atoms with Crippen LogP contribution in [0, 0.1) is 11.3 Å². The lowest BCUT2D eigenvalue weighted by atomic mass is 10.0.